The third-order valence-corrected chi connectivity index (χ3v) is 2.49. The molecule has 2 aromatic rings. The third-order valence-electron chi connectivity index (χ3n) is 1.91. The zero-order chi connectivity index (χ0) is 9.42. The Labute approximate surface area is 79.0 Å². The molecule has 1 N–H and O–H groups in total. The Balaban J connectivity index is 2.88. The predicted molar refractivity (Wildman–Crippen MR) is 53.1 cm³/mol. The van der Waals surface area contributed by atoms with Crippen molar-refractivity contribution in [2.24, 2.45) is 7.05 Å². The van der Waals surface area contributed by atoms with Crippen molar-refractivity contribution in [3.63, 3.8) is 0 Å². The van der Waals surface area contributed by atoms with E-state index in [9.17, 15) is 4.79 Å². The fraction of sp³-hybridized carbons (Fsp3) is 0.250. The van der Waals surface area contributed by atoms with Gasteiger partial charge in [-0.05, 0) is 12.3 Å². The zero-order valence-electron chi connectivity index (χ0n) is 7.37. The summed E-state index contributed by atoms with van der Waals surface area (Å²) in [5.41, 5.74) is 0.656. The van der Waals surface area contributed by atoms with Gasteiger partial charge in [0.05, 0.1) is 5.39 Å². The summed E-state index contributed by atoms with van der Waals surface area (Å²) in [5, 5.41) is 1.29. The van der Waals surface area contributed by atoms with Crippen LogP contribution in [0.3, 0.4) is 0 Å². The Morgan fingerprint density at radius 3 is 3.08 bits per heavy atom. The summed E-state index contributed by atoms with van der Waals surface area (Å²) in [7, 11) is 1.87. The molecular weight excluding hydrogens is 186 g/mol. The number of aromatic amines is 1. The molecule has 0 aliphatic carbocycles. The monoisotopic (exact) mass is 195 g/mol. The summed E-state index contributed by atoms with van der Waals surface area (Å²) in [6.07, 6.45) is 3.71. The zero-order valence-corrected chi connectivity index (χ0v) is 8.18. The van der Waals surface area contributed by atoms with E-state index >= 15 is 0 Å². The van der Waals surface area contributed by atoms with E-state index in [0.717, 1.165) is 5.65 Å². The Bertz CT molecular complexity index is 500. The van der Waals surface area contributed by atoms with E-state index in [4.69, 9.17) is 0 Å². The van der Waals surface area contributed by atoms with E-state index in [2.05, 4.69) is 9.97 Å². The fourth-order valence-corrected chi connectivity index (χ4v) is 1.60. The lowest BCUT2D eigenvalue weighted by Crippen LogP contribution is -2.08. The molecule has 0 aromatic carbocycles. The van der Waals surface area contributed by atoms with Crippen LogP contribution in [0, 0.1) is 0 Å². The average Bonchev–Trinajstić information content (AvgIpc) is 2.48. The summed E-state index contributed by atoms with van der Waals surface area (Å²) in [5.74, 6) is 0. The van der Waals surface area contributed by atoms with Gasteiger partial charge >= 0.3 is 0 Å². The fourth-order valence-electron chi connectivity index (χ4n) is 1.22. The molecular formula is C8H9N3OS. The molecule has 2 heterocycles. The first kappa shape index (κ1) is 8.37. The highest BCUT2D eigenvalue weighted by Gasteiger charge is 2.05. The van der Waals surface area contributed by atoms with Crippen LogP contribution < -0.4 is 5.56 Å². The molecule has 0 saturated carbocycles. The minimum Gasteiger partial charge on any atom is -0.335 e. The van der Waals surface area contributed by atoms with Crippen LogP contribution in [-0.4, -0.2) is 20.8 Å². The lowest BCUT2D eigenvalue weighted by molar-refractivity contribution is 0.899. The highest BCUT2D eigenvalue weighted by molar-refractivity contribution is 7.98. The van der Waals surface area contributed by atoms with Gasteiger partial charge in [0.1, 0.15) is 5.65 Å². The molecule has 0 spiro atoms. The van der Waals surface area contributed by atoms with Crippen LogP contribution in [0.15, 0.2) is 22.2 Å². The van der Waals surface area contributed by atoms with E-state index in [1.165, 1.54) is 11.8 Å². The Morgan fingerprint density at radius 2 is 2.38 bits per heavy atom. The molecule has 0 amide bonds. The van der Waals surface area contributed by atoms with Crippen molar-refractivity contribution in [2.75, 3.05) is 6.26 Å². The number of nitrogens with one attached hydrogen (secondary N) is 1. The van der Waals surface area contributed by atoms with Crippen LogP contribution in [-0.2, 0) is 7.05 Å². The molecule has 0 unspecified atom stereocenters. The molecule has 68 valence electrons. The molecule has 0 fully saturated rings. The molecule has 13 heavy (non-hydrogen) atoms. The molecule has 0 radical (unpaired) electrons. The van der Waals surface area contributed by atoms with E-state index in [1.54, 1.807) is 6.07 Å². The van der Waals surface area contributed by atoms with E-state index < -0.39 is 0 Å². The summed E-state index contributed by atoms with van der Waals surface area (Å²) in [4.78, 5) is 18.4. The lowest BCUT2D eigenvalue weighted by Gasteiger charge is -1.97. The first-order valence-corrected chi connectivity index (χ1v) is 5.04. The Kier molecular flexibility index (Phi) is 1.88. The normalized spacial score (nSPS) is 10.9. The Morgan fingerprint density at radius 1 is 1.62 bits per heavy atom. The number of nitrogens with zero attached hydrogens (tertiary/aromatic N) is 2. The molecule has 4 nitrogen and oxygen atoms in total. The highest BCUT2D eigenvalue weighted by Crippen LogP contribution is 2.11. The molecule has 0 atom stereocenters. The number of fused-ring (bicyclic) bond motifs is 1. The van der Waals surface area contributed by atoms with Crippen LogP contribution in [0.2, 0.25) is 0 Å². The molecule has 0 aliphatic heterocycles. The number of thioether (sulfide) groups is 1. The van der Waals surface area contributed by atoms with Gasteiger partial charge in [-0.15, -0.1) is 0 Å². The van der Waals surface area contributed by atoms with Crippen molar-refractivity contribution in [3.8, 4) is 0 Å². The average molecular weight is 195 g/mol. The van der Waals surface area contributed by atoms with E-state index in [1.807, 2.05) is 24.1 Å². The topological polar surface area (TPSA) is 50.7 Å². The van der Waals surface area contributed by atoms with Crippen molar-refractivity contribution in [2.45, 2.75) is 5.16 Å². The first-order valence-electron chi connectivity index (χ1n) is 3.81. The molecule has 5 heteroatoms. The first-order chi connectivity index (χ1) is 6.22. The molecule has 2 aromatic heterocycles. The van der Waals surface area contributed by atoms with E-state index in [0.29, 0.717) is 10.5 Å². The maximum absolute atomic E-state index is 11.4. The smallest absolute Gasteiger partial charge is 0.261 e. The van der Waals surface area contributed by atoms with Gasteiger partial charge in [-0.3, -0.25) is 4.79 Å². The van der Waals surface area contributed by atoms with Crippen LogP contribution in [0.4, 0.5) is 0 Å². The number of hydrogen-bond acceptors (Lipinski definition) is 3. The number of hydrogen-bond donors (Lipinski definition) is 1. The van der Waals surface area contributed by atoms with Gasteiger partial charge < -0.3 is 9.55 Å². The summed E-state index contributed by atoms with van der Waals surface area (Å²) in [6, 6.07) is 1.77. The van der Waals surface area contributed by atoms with Crippen molar-refractivity contribution in [1.82, 2.24) is 14.5 Å². The second-order valence-corrected chi connectivity index (χ2v) is 3.53. The van der Waals surface area contributed by atoms with Gasteiger partial charge in [-0.25, -0.2) is 4.98 Å². The second kappa shape index (κ2) is 2.92. The van der Waals surface area contributed by atoms with Crippen LogP contribution in [0.1, 0.15) is 0 Å². The molecule has 0 bridgehead atoms. The summed E-state index contributed by atoms with van der Waals surface area (Å²) < 4.78 is 1.84. The largest absolute Gasteiger partial charge is 0.335 e. The van der Waals surface area contributed by atoms with Gasteiger partial charge in [0, 0.05) is 13.2 Å². The Hall–Kier alpha value is -1.23. The van der Waals surface area contributed by atoms with Crippen LogP contribution in [0.5, 0.6) is 0 Å². The van der Waals surface area contributed by atoms with Gasteiger partial charge in [0.2, 0.25) is 0 Å². The number of aromatic nitrogens is 3. The maximum Gasteiger partial charge on any atom is 0.261 e. The van der Waals surface area contributed by atoms with Crippen molar-refractivity contribution < 1.29 is 0 Å². The molecule has 0 aliphatic rings. The number of aryl methyl sites for hydroxylation is 1. The lowest BCUT2D eigenvalue weighted by atomic mass is 10.4. The molecule has 2 rings (SSSR count). The quantitative estimate of drug-likeness (QED) is 0.545. The van der Waals surface area contributed by atoms with Gasteiger partial charge in [0.15, 0.2) is 5.16 Å². The van der Waals surface area contributed by atoms with E-state index in [-0.39, 0.29) is 5.56 Å². The van der Waals surface area contributed by atoms with Crippen molar-refractivity contribution >= 4 is 22.8 Å². The van der Waals surface area contributed by atoms with Gasteiger partial charge in [-0.2, -0.15) is 0 Å². The standard InChI is InChI=1S/C8H9N3OS/c1-11-4-3-5-6(11)9-8(13-2)10-7(5)12/h3-4H,1-2H3,(H,9,10,12). The summed E-state index contributed by atoms with van der Waals surface area (Å²) in [6.45, 7) is 0. The maximum atomic E-state index is 11.4. The summed E-state index contributed by atoms with van der Waals surface area (Å²) >= 11 is 1.43. The SMILES string of the molecule is CSc1nc2c(ccn2C)c(=O)[nH]1. The number of rotatable bonds is 1. The van der Waals surface area contributed by atoms with Crippen molar-refractivity contribution in [3.05, 3.63) is 22.6 Å². The van der Waals surface area contributed by atoms with Gasteiger partial charge in [-0.1, -0.05) is 11.8 Å². The highest BCUT2D eigenvalue weighted by atomic mass is 32.2. The number of H-pyrrole nitrogens is 1. The third kappa shape index (κ3) is 1.25. The van der Waals surface area contributed by atoms with Crippen molar-refractivity contribution in [1.29, 1.82) is 0 Å². The molecule has 0 saturated heterocycles. The second-order valence-electron chi connectivity index (χ2n) is 2.74. The van der Waals surface area contributed by atoms with Crippen LogP contribution >= 0.6 is 11.8 Å². The van der Waals surface area contributed by atoms with Gasteiger partial charge in [0.25, 0.3) is 5.56 Å². The van der Waals surface area contributed by atoms with Crippen LogP contribution in [0.25, 0.3) is 11.0 Å². The minimum absolute atomic E-state index is 0.0741. The minimum atomic E-state index is -0.0741. The predicted octanol–water partition coefficient (Wildman–Crippen LogP) is 0.983.